The number of rotatable bonds is 24. The molecule has 4 heterocycles. The highest BCUT2D eigenvalue weighted by Crippen LogP contribution is 2.43. The van der Waals surface area contributed by atoms with Crippen molar-refractivity contribution in [2.75, 3.05) is 14.2 Å². The van der Waals surface area contributed by atoms with Crippen LogP contribution in [0.2, 0.25) is 36.3 Å². The molecule has 0 aromatic heterocycles. The van der Waals surface area contributed by atoms with Gasteiger partial charge >= 0.3 is 23.9 Å². The SMILES string of the molecule is CC[C@H](OC)[C@@H](C)[C@H]1O[C@@H]1C(=O)C(C)(F)/C=C/C=C(\C)C1OC(=O)C[C@H](O[Si](C)(C)C(C)(C)C)CC[C@@](C)(O)[C@@H](OC(C)=O)/C=C/[C@@H]1C.CC[C@H](OC)[C@@H](C)[C@H]1O[C@@H]1C(N)C(C)(F)/C=C/C=C(\C)C1OC(=O)C[C@H](O[Si](C)(C)C(C)(C)C)CC[C@@](C)(O)[C@@H](OC(C)=O)/C=C/[C@@H]1C. The maximum absolute atomic E-state index is 15.9. The lowest BCUT2D eigenvalue weighted by molar-refractivity contribution is -0.158. The van der Waals surface area contributed by atoms with E-state index in [1.54, 1.807) is 77.5 Å². The third-order valence-corrected chi connectivity index (χ3v) is 29.7. The maximum Gasteiger partial charge on any atom is 0.308 e. The van der Waals surface area contributed by atoms with Crippen LogP contribution in [-0.4, -0.2) is 173 Å². The van der Waals surface area contributed by atoms with Crippen LogP contribution < -0.4 is 5.73 Å². The second-order valence-corrected chi connectivity index (χ2v) is 40.9. The zero-order chi connectivity index (χ0) is 73.7. The Balaban J connectivity index is 0.000000500. The number of carbonyl (C=O) groups excluding carboxylic acids is 5. The molecule has 0 bridgehead atoms. The summed E-state index contributed by atoms with van der Waals surface area (Å²) in [5.41, 5.74) is 0.667. The van der Waals surface area contributed by atoms with Gasteiger partial charge in [-0.1, -0.05) is 120 Å². The first-order valence-electron chi connectivity index (χ1n) is 34.6. The Kier molecular flexibility index (Phi) is 31.9. The number of esters is 4. The van der Waals surface area contributed by atoms with E-state index in [2.05, 4.69) is 67.7 Å². The molecule has 550 valence electrons. The normalized spacial score (nSPS) is 33.0. The van der Waals surface area contributed by atoms with Crippen molar-refractivity contribution in [2.24, 2.45) is 29.4 Å². The number of methoxy groups -OCH3 is 2. The molecule has 0 spiro atoms. The van der Waals surface area contributed by atoms with Crippen LogP contribution in [0.25, 0.3) is 0 Å². The first kappa shape index (κ1) is 86.1. The Hall–Kier alpha value is -4.08. The monoisotopic (exact) mass is 1390 g/mol. The summed E-state index contributed by atoms with van der Waals surface area (Å²) < 4.78 is 90.4. The highest BCUT2D eigenvalue weighted by Gasteiger charge is 2.56. The molecule has 18 nitrogen and oxygen atoms in total. The lowest BCUT2D eigenvalue weighted by atomic mass is 9.88. The predicted octanol–water partition coefficient (Wildman–Crippen LogP) is 13.7. The fourth-order valence-corrected chi connectivity index (χ4v) is 14.7. The first-order chi connectivity index (χ1) is 43.9. The average molecular weight is 1390 g/mol. The number of hydrogen-bond donors (Lipinski definition) is 3. The molecule has 0 amide bonds. The van der Waals surface area contributed by atoms with Gasteiger partial charge in [0, 0.05) is 51.7 Å². The molecule has 4 N–H and O–H groups in total. The van der Waals surface area contributed by atoms with Gasteiger partial charge in [0.25, 0.3) is 0 Å². The van der Waals surface area contributed by atoms with Crippen molar-refractivity contribution in [1.29, 1.82) is 0 Å². The number of carbonyl (C=O) groups is 5. The number of allylic oxidation sites excluding steroid dienone is 5. The quantitative estimate of drug-likeness (QED) is 0.0203. The summed E-state index contributed by atoms with van der Waals surface area (Å²) in [4.78, 5) is 63.9. The minimum atomic E-state index is -2.31. The van der Waals surface area contributed by atoms with Crippen LogP contribution in [0.5, 0.6) is 0 Å². The molecule has 22 heteroatoms. The molecule has 2 fully saturated rings. The maximum atomic E-state index is 15.9. The number of ketones is 1. The number of ether oxygens (including phenoxy) is 8. The van der Waals surface area contributed by atoms with Crippen LogP contribution in [0.3, 0.4) is 0 Å². The Morgan fingerprint density at radius 2 is 1.01 bits per heavy atom. The Morgan fingerprint density at radius 3 is 1.36 bits per heavy atom. The molecule has 0 radical (unpaired) electrons. The first-order valence-corrected chi connectivity index (χ1v) is 40.4. The Morgan fingerprint density at radius 1 is 0.635 bits per heavy atom. The minimum Gasteiger partial charge on any atom is -0.457 e. The summed E-state index contributed by atoms with van der Waals surface area (Å²) in [5, 5.41) is 22.7. The molecular formula is C74H125F2NO17Si2. The van der Waals surface area contributed by atoms with Gasteiger partial charge in [0.15, 0.2) is 22.3 Å². The smallest absolute Gasteiger partial charge is 0.308 e. The van der Waals surface area contributed by atoms with Crippen molar-refractivity contribution < 1.29 is 89.7 Å². The molecule has 0 aromatic rings. The number of alkyl halides is 2. The minimum absolute atomic E-state index is 0.00276. The largest absolute Gasteiger partial charge is 0.457 e. The Labute approximate surface area is 576 Å². The number of epoxide rings is 2. The van der Waals surface area contributed by atoms with Crippen molar-refractivity contribution in [3.8, 4) is 0 Å². The fraction of sp³-hybridized carbons (Fsp3) is 0.770. The van der Waals surface area contributed by atoms with E-state index in [1.165, 1.54) is 45.9 Å². The molecule has 4 rings (SSSR count). The third kappa shape index (κ3) is 25.2. The van der Waals surface area contributed by atoms with E-state index in [-0.39, 0.29) is 71.8 Å². The molecule has 21 atom stereocenters. The van der Waals surface area contributed by atoms with Gasteiger partial charge in [-0.15, -0.1) is 0 Å². The summed E-state index contributed by atoms with van der Waals surface area (Å²) in [6.07, 6.45) is 12.2. The van der Waals surface area contributed by atoms with Gasteiger partial charge in [0.2, 0.25) is 5.78 Å². The molecule has 96 heavy (non-hydrogen) atoms. The summed E-state index contributed by atoms with van der Waals surface area (Å²) in [5.74, 6) is -3.36. The number of Topliss-reactive ketones (excluding diaryl/α,β-unsaturated/α-hetero) is 1. The fourth-order valence-electron chi connectivity index (χ4n) is 11.9. The van der Waals surface area contributed by atoms with E-state index in [9.17, 15) is 34.2 Å². The number of aliphatic hydroxyl groups is 2. The second-order valence-electron chi connectivity index (χ2n) is 31.4. The van der Waals surface area contributed by atoms with E-state index < -0.39 is 136 Å². The molecule has 0 aromatic carbocycles. The van der Waals surface area contributed by atoms with Crippen LogP contribution in [0.15, 0.2) is 71.9 Å². The molecule has 2 saturated heterocycles. The lowest BCUT2D eigenvalue weighted by Crippen LogP contribution is -2.46. The third-order valence-electron chi connectivity index (χ3n) is 20.6. The average Bonchev–Trinajstić information content (AvgIpc) is 1.62. The summed E-state index contributed by atoms with van der Waals surface area (Å²) in [6.45, 7) is 44.9. The van der Waals surface area contributed by atoms with Gasteiger partial charge in [-0.25, -0.2) is 8.78 Å². The van der Waals surface area contributed by atoms with Gasteiger partial charge in [0.1, 0.15) is 53.5 Å². The zero-order valence-corrected chi connectivity index (χ0v) is 65.1. The number of hydrogen-bond acceptors (Lipinski definition) is 18. The van der Waals surface area contributed by atoms with Gasteiger partial charge in [0.05, 0.1) is 55.5 Å². The van der Waals surface area contributed by atoms with Crippen molar-refractivity contribution in [1.82, 2.24) is 0 Å². The molecule has 0 aliphatic carbocycles. The van der Waals surface area contributed by atoms with E-state index in [0.717, 1.165) is 12.8 Å². The van der Waals surface area contributed by atoms with E-state index >= 15 is 8.78 Å². The van der Waals surface area contributed by atoms with Crippen LogP contribution in [0.4, 0.5) is 8.78 Å². The van der Waals surface area contributed by atoms with Crippen molar-refractivity contribution in [2.45, 2.75) is 328 Å². The van der Waals surface area contributed by atoms with Crippen molar-refractivity contribution in [3.63, 3.8) is 0 Å². The zero-order valence-electron chi connectivity index (χ0n) is 63.1. The molecule has 0 saturated carbocycles. The highest BCUT2D eigenvalue weighted by molar-refractivity contribution is 6.74. The van der Waals surface area contributed by atoms with Gasteiger partial charge < -0.3 is 62.7 Å². The van der Waals surface area contributed by atoms with Crippen molar-refractivity contribution >= 4 is 46.3 Å². The number of cyclic esters (lactones) is 2. The number of halogens is 2. The molecule has 4 aliphatic heterocycles. The van der Waals surface area contributed by atoms with Gasteiger partial charge in [-0.05, 0) is 152 Å². The number of nitrogens with two attached hydrogens (primary N) is 1. The standard InChI is InChI=1S/C37H64FNO8Si.C37H61FO9Si/c1-14-28(43-11)25(4)32-33(46-32)34(39)36(9,38)20-15-16-23(2)31-24(3)17-18-29(44-26(5)40)37(10,42)21-19-27(22-30(41)45-31)47-48(12,13)35(6,7)8;1-14-28(43-11)25(4)32-33(46-32)34(41)36(9,38)20-15-16-23(2)31-24(3)17-18-29(44-26(5)39)37(10,42)21-19-27(22-30(40)45-31)47-48(12,13)35(6,7)8/h15-18,20,24-25,27-29,31-34,42H,14,19,21-22,39H2,1-13H3;15-18,20,24-25,27-29,31-33,42H,14,19,21-22H2,1-13H3/b2*18-17+,20-15+,23-16+/t24-,25+,27+,28-,29-,31?,32+,33-,34?,36?,37+;24-,25+,27+,28-,29-,31?,32+,33-,36?,37+/m00/s1. The van der Waals surface area contributed by atoms with Crippen LogP contribution in [0, 0.1) is 23.7 Å². The molecular weight excluding hydrogens is 1270 g/mol. The summed E-state index contributed by atoms with van der Waals surface area (Å²) in [6, 6.07) is -0.880. The molecule has 5 unspecified atom stereocenters. The summed E-state index contributed by atoms with van der Waals surface area (Å²) >= 11 is 0. The van der Waals surface area contributed by atoms with Gasteiger partial charge in [-0.2, -0.15) is 0 Å². The second kappa shape index (κ2) is 35.5. The molecule has 4 aliphatic rings. The highest BCUT2D eigenvalue weighted by atomic mass is 28.4. The van der Waals surface area contributed by atoms with Crippen LogP contribution in [0.1, 0.15) is 190 Å². The summed E-state index contributed by atoms with van der Waals surface area (Å²) in [7, 11) is -1.33. The Bertz CT molecular complexity index is 2750. The van der Waals surface area contributed by atoms with Crippen molar-refractivity contribution in [3.05, 3.63) is 71.9 Å². The van der Waals surface area contributed by atoms with Crippen LogP contribution >= 0.6 is 0 Å². The van der Waals surface area contributed by atoms with Gasteiger partial charge in [-0.3, -0.25) is 24.0 Å². The van der Waals surface area contributed by atoms with E-state index in [0.29, 0.717) is 24.0 Å². The topological polar surface area (TPSA) is 251 Å². The predicted molar refractivity (Wildman–Crippen MR) is 376 cm³/mol. The van der Waals surface area contributed by atoms with E-state index in [1.807, 2.05) is 48.5 Å². The van der Waals surface area contributed by atoms with E-state index in [4.69, 9.17) is 52.5 Å². The van der Waals surface area contributed by atoms with Crippen LogP contribution in [-0.2, 0) is 70.7 Å². The lowest BCUT2D eigenvalue weighted by Gasteiger charge is -2.40.